The van der Waals surface area contributed by atoms with Gasteiger partial charge in [-0.1, -0.05) is 90.7 Å². The van der Waals surface area contributed by atoms with Crippen LogP contribution in [0.3, 0.4) is 0 Å². The van der Waals surface area contributed by atoms with Crippen LogP contribution >= 0.6 is 11.6 Å². The predicted octanol–water partition coefficient (Wildman–Crippen LogP) is 6.86. The Morgan fingerprint density at radius 3 is 2.25 bits per heavy atom. The molecule has 8 nitrogen and oxygen atoms in total. The van der Waals surface area contributed by atoms with E-state index in [4.69, 9.17) is 16.3 Å². The van der Waals surface area contributed by atoms with E-state index in [0.717, 1.165) is 52.2 Å². The SMILES string of the molecule is COc1cccc(CN(C(=O)CN(c2ccc(C)c(Cl)c2)S(=O)(=O)c2ccc(C)cc2)[C@@H](Cc2ccccc2)C(=O)NC2CCCC2)c1. The van der Waals surface area contributed by atoms with Gasteiger partial charge >= 0.3 is 0 Å². The number of hydrogen-bond acceptors (Lipinski definition) is 5. The Bertz CT molecular complexity index is 1830. The van der Waals surface area contributed by atoms with E-state index >= 15 is 0 Å². The second-order valence-electron chi connectivity index (χ2n) is 12.3. The molecule has 4 aromatic carbocycles. The van der Waals surface area contributed by atoms with Gasteiger partial charge in [-0.2, -0.15) is 0 Å². The third-order valence-corrected chi connectivity index (χ3v) is 11.0. The van der Waals surface area contributed by atoms with Crippen LogP contribution in [0.25, 0.3) is 0 Å². The minimum Gasteiger partial charge on any atom is -0.497 e. The number of methoxy groups -OCH3 is 1. The number of ether oxygens (including phenoxy) is 1. The molecule has 1 aliphatic rings. The summed E-state index contributed by atoms with van der Waals surface area (Å²) in [4.78, 5) is 30.4. The van der Waals surface area contributed by atoms with Gasteiger partial charge in [0.05, 0.1) is 17.7 Å². The van der Waals surface area contributed by atoms with Crippen LogP contribution < -0.4 is 14.4 Å². The van der Waals surface area contributed by atoms with Crippen molar-refractivity contribution in [3.63, 3.8) is 0 Å². The van der Waals surface area contributed by atoms with Gasteiger partial charge in [-0.3, -0.25) is 13.9 Å². The van der Waals surface area contributed by atoms with Gasteiger partial charge in [-0.05, 0) is 79.8 Å². The molecule has 0 spiro atoms. The molecule has 1 saturated carbocycles. The molecular weight excluding hydrogens is 646 g/mol. The molecule has 0 saturated heterocycles. The van der Waals surface area contributed by atoms with Crippen molar-refractivity contribution in [3.05, 3.63) is 124 Å². The van der Waals surface area contributed by atoms with Crippen molar-refractivity contribution < 1.29 is 22.7 Å². The third kappa shape index (κ3) is 8.57. The second-order valence-corrected chi connectivity index (χ2v) is 14.6. The molecule has 252 valence electrons. The van der Waals surface area contributed by atoms with Gasteiger partial charge in [0.1, 0.15) is 18.3 Å². The first-order chi connectivity index (χ1) is 23.0. The minimum atomic E-state index is -4.23. The lowest BCUT2D eigenvalue weighted by Crippen LogP contribution is -2.54. The highest BCUT2D eigenvalue weighted by molar-refractivity contribution is 7.92. The van der Waals surface area contributed by atoms with Gasteiger partial charge in [0.2, 0.25) is 11.8 Å². The number of amides is 2. The van der Waals surface area contributed by atoms with E-state index in [1.807, 2.05) is 62.4 Å². The quantitative estimate of drug-likeness (QED) is 0.166. The highest BCUT2D eigenvalue weighted by Gasteiger charge is 2.35. The zero-order valence-electron chi connectivity index (χ0n) is 27.6. The van der Waals surface area contributed by atoms with Gasteiger partial charge in [0.15, 0.2) is 0 Å². The molecule has 1 aliphatic carbocycles. The smallest absolute Gasteiger partial charge is 0.264 e. The number of nitrogens with zero attached hydrogens (tertiary/aromatic N) is 2. The zero-order chi connectivity index (χ0) is 34.3. The fraction of sp³-hybridized carbons (Fsp3) is 0.316. The van der Waals surface area contributed by atoms with Crippen LogP contribution in [0.2, 0.25) is 5.02 Å². The number of rotatable bonds is 13. The molecule has 5 rings (SSSR count). The van der Waals surface area contributed by atoms with E-state index in [1.165, 1.54) is 17.0 Å². The summed E-state index contributed by atoms with van der Waals surface area (Å²) in [6.45, 7) is 3.20. The molecule has 1 atom stereocenters. The van der Waals surface area contributed by atoms with Crippen molar-refractivity contribution in [1.29, 1.82) is 0 Å². The summed E-state index contributed by atoms with van der Waals surface area (Å²) in [7, 11) is -2.66. The Kier molecular flexibility index (Phi) is 11.4. The molecule has 0 aliphatic heterocycles. The molecular formula is C38H42ClN3O5S. The fourth-order valence-corrected chi connectivity index (χ4v) is 7.57. The van der Waals surface area contributed by atoms with E-state index in [2.05, 4.69) is 5.32 Å². The summed E-state index contributed by atoms with van der Waals surface area (Å²) in [5.74, 6) is -0.200. The number of carbonyl (C=O) groups is 2. The Morgan fingerprint density at radius 1 is 0.896 bits per heavy atom. The molecule has 1 fully saturated rings. The number of benzene rings is 4. The first-order valence-electron chi connectivity index (χ1n) is 16.2. The summed E-state index contributed by atoms with van der Waals surface area (Å²) in [5.41, 5.74) is 3.53. The van der Waals surface area contributed by atoms with Crippen LogP contribution in [0.4, 0.5) is 5.69 Å². The number of nitrogens with one attached hydrogen (secondary N) is 1. The van der Waals surface area contributed by atoms with Crippen molar-refractivity contribution in [2.45, 2.75) is 69.5 Å². The monoisotopic (exact) mass is 687 g/mol. The number of halogens is 1. The first kappa shape index (κ1) is 35.0. The number of aryl methyl sites for hydroxylation is 2. The molecule has 2 amide bonds. The zero-order valence-corrected chi connectivity index (χ0v) is 29.1. The Balaban J connectivity index is 1.59. The summed E-state index contributed by atoms with van der Waals surface area (Å²) in [6, 6.07) is 27.3. The standard InChI is InChI=1S/C38H42ClN3O5S/c1-27-16-20-34(21-17-27)48(45,46)42(32-19-18-28(2)35(39)24-32)26-37(43)41(25-30-12-9-15-33(22-30)47-3)36(23-29-10-5-4-6-11-29)38(44)40-31-13-7-8-14-31/h4-6,9-12,15-22,24,31,36H,7-8,13-14,23,25-26H2,1-3H3,(H,40,44)/t36-/m0/s1. The van der Waals surface area contributed by atoms with Crippen LogP contribution in [-0.2, 0) is 32.6 Å². The molecule has 0 bridgehead atoms. The molecule has 0 aromatic heterocycles. The Morgan fingerprint density at radius 2 is 1.58 bits per heavy atom. The fourth-order valence-electron chi connectivity index (χ4n) is 5.99. The number of carbonyl (C=O) groups excluding carboxylic acids is 2. The maximum absolute atomic E-state index is 14.7. The highest BCUT2D eigenvalue weighted by atomic mass is 35.5. The van der Waals surface area contributed by atoms with Crippen molar-refractivity contribution in [2.24, 2.45) is 0 Å². The van der Waals surface area contributed by atoms with E-state index in [-0.39, 0.29) is 35.5 Å². The van der Waals surface area contributed by atoms with Crippen molar-refractivity contribution in [1.82, 2.24) is 10.2 Å². The van der Waals surface area contributed by atoms with Crippen molar-refractivity contribution >= 4 is 39.1 Å². The van der Waals surface area contributed by atoms with Gasteiger partial charge in [0, 0.05) is 24.0 Å². The van der Waals surface area contributed by atoms with Gasteiger partial charge in [0.25, 0.3) is 10.0 Å². The van der Waals surface area contributed by atoms with E-state index in [0.29, 0.717) is 10.8 Å². The lowest BCUT2D eigenvalue weighted by molar-refractivity contribution is -0.140. The van der Waals surface area contributed by atoms with Crippen LogP contribution in [0.5, 0.6) is 5.75 Å². The number of sulfonamides is 1. The molecule has 0 unspecified atom stereocenters. The predicted molar refractivity (Wildman–Crippen MR) is 190 cm³/mol. The van der Waals surface area contributed by atoms with E-state index < -0.39 is 28.5 Å². The van der Waals surface area contributed by atoms with Gasteiger partial charge in [-0.25, -0.2) is 8.42 Å². The lowest BCUT2D eigenvalue weighted by Gasteiger charge is -2.34. The Hall–Kier alpha value is -4.34. The molecule has 10 heteroatoms. The maximum atomic E-state index is 14.7. The lowest BCUT2D eigenvalue weighted by atomic mass is 10.0. The highest BCUT2D eigenvalue weighted by Crippen LogP contribution is 2.29. The maximum Gasteiger partial charge on any atom is 0.264 e. The molecule has 48 heavy (non-hydrogen) atoms. The van der Waals surface area contributed by atoms with Crippen LogP contribution in [-0.4, -0.2) is 50.9 Å². The average Bonchev–Trinajstić information content (AvgIpc) is 3.60. The van der Waals surface area contributed by atoms with Crippen LogP contribution in [0.1, 0.15) is 47.9 Å². The van der Waals surface area contributed by atoms with Crippen molar-refractivity contribution in [2.75, 3.05) is 18.0 Å². The minimum absolute atomic E-state index is 0.0256. The summed E-state index contributed by atoms with van der Waals surface area (Å²) >= 11 is 6.49. The normalized spacial score (nSPS) is 13.9. The largest absolute Gasteiger partial charge is 0.497 e. The van der Waals surface area contributed by atoms with E-state index in [9.17, 15) is 18.0 Å². The van der Waals surface area contributed by atoms with Crippen LogP contribution in [0, 0.1) is 13.8 Å². The summed E-state index contributed by atoms with van der Waals surface area (Å²) in [5, 5.41) is 3.57. The molecule has 0 radical (unpaired) electrons. The topological polar surface area (TPSA) is 96.0 Å². The number of hydrogen-bond donors (Lipinski definition) is 1. The first-order valence-corrected chi connectivity index (χ1v) is 18.0. The molecule has 0 heterocycles. The van der Waals surface area contributed by atoms with Gasteiger partial charge < -0.3 is 15.0 Å². The second kappa shape index (κ2) is 15.7. The summed E-state index contributed by atoms with van der Waals surface area (Å²) in [6.07, 6.45) is 4.07. The molecule has 4 aromatic rings. The van der Waals surface area contributed by atoms with Crippen molar-refractivity contribution in [3.8, 4) is 5.75 Å². The third-order valence-electron chi connectivity index (χ3n) is 8.79. The summed E-state index contributed by atoms with van der Waals surface area (Å²) < 4.78 is 35.1. The van der Waals surface area contributed by atoms with E-state index in [1.54, 1.807) is 43.5 Å². The molecule has 1 N–H and O–H groups in total. The Labute approximate surface area is 288 Å². The van der Waals surface area contributed by atoms with Gasteiger partial charge in [-0.15, -0.1) is 0 Å². The average molecular weight is 688 g/mol. The number of anilines is 1. The van der Waals surface area contributed by atoms with Crippen LogP contribution in [0.15, 0.2) is 102 Å².